The summed E-state index contributed by atoms with van der Waals surface area (Å²) in [6.07, 6.45) is 4.76. The summed E-state index contributed by atoms with van der Waals surface area (Å²) in [5.41, 5.74) is 2.08. The van der Waals surface area contributed by atoms with Crippen LogP contribution in [0.5, 0.6) is 0 Å². The van der Waals surface area contributed by atoms with Gasteiger partial charge in [-0.2, -0.15) is 0 Å². The summed E-state index contributed by atoms with van der Waals surface area (Å²) in [6, 6.07) is 17.2. The van der Waals surface area contributed by atoms with E-state index in [1.165, 1.54) is 37.9 Å². The fourth-order valence-electron chi connectivity index (χ4n) is 3.96. The lowest BCUT2D eigenvalue weighted by molar-refractivity contribution is -0.109. The number of carbonyl (C=O) groups is 1. The maximum Gasteiger partial charge on any atom is 0.185 e. The van der Waals surface area contributed by atoms with E-state index >= 15 is 0 Å². The molecule has 4 nitrogen and oxygen atoms in total. The molecule has 1 atom stereocenters. The first-order valence-corrected chi connectivity index (χ1v) is 13.2. The number of thioether (sulfide) groups is 1. The van der Waals surface area contributed by atoms with Crippen molar-refractivity contribution in [3.63, 3.8) is 0 Å². The third-order valence-corrected chi connectivity index (χ3v) is 8.81. The highest BCUT2D eigenvalue weighted by molar-refractivity contribution is 8.13. The number of likely N-dealkylation sites (tertiary alicyclic amines) is 1. The number of carbonyl (C=O) groups excluding carboxylic acids is 1. The van der Waals surface area contributed by atoms with Gasteiger partial charge in [-0.15, -0.1) is 0 Å². The van der Waals surface area contributed by atoms with E-state index in [4.69, 9.17) is 0 Å². The first-order valence-electron chi connectivity index (χ1n) is 10.7. The van der Waals surface area contributed by atoms with Gasteiger partial charge in [0.1, 0.15) is 0 Å². The number of piperidine rings is 1. The monoisotopic (exact) mass is 445 g/mol. The maximum absolute atomic E-state index is 13.4. The van der Waals surface area contributed by atoms with Crippen molar-refractivity contribution in [2.24, 2.45) is 0 Å². The molecule has 162 valence electrons. The van der Waals surface area contributed by atoms with Gasteiger partial charge in [-0.05, 0) is 68.6 Å². The van der Waals surface area contributed by atoms with Gasteiger partial charge in [0.25, 0.3) is 0 Å². The van der Waals surface area contributed by atoms with Crippen molar-refractivity contribution in [1.82, 2.24) is 4.90 Å². The van der Waals surface area contributed by atoms with Crippen molar-refractivity contribution in [3.05, 3.63) is 54.6 Å². The normalized spacial score (nSPS) is 16.3. The number of hydrogen-bond acceptors (Lipinski definition) is 5. The third-order valence-electron chi connectivity index (χ3n) is 5.69. The number of benzene rings is 2. The fraction of sp³-hybridized carbons (Fsp3) is 0.458. The zero-order chi connectivity index (χ0) is 21.4. The van der Waals surface area contributed by atoms with Crippen LogP contribution in [0.15, 0.2) is 59.5 Å². The molecular formula is C24H31NO3S2. The highest BCUT2D eigenvalue weighted by Gasteiger charge is 2.28. The van der Waals surface area contributed by atoms with Crippen molar-refractivity contribution >= 4 is 26.7 Å². The summed E-state index contributed by atoms with van der Waals surface area (Å²) in [5, 5.41) is -0.428. The van der Waals surface area contributed by atoms with E-state index in [0.717, 1.165) is 30.8 Å². The van der Waals surface area contributed by atoms with E-state index in [0.29, 0.717) is 23.5 Å². The molecule has 1 heterocycles. The van der Waals surface area contributed by atoms with E-state index in [1.807, 2.05) is 42.5 Å². The van der Waals surface area contributed by atoms with Crippen LogP contribution in [0.3, 0.4) is 0 Å². The Morgan fingerprint density at radius 3 is 2.20 bits per heavy atom. The Morgan fingerprint density at radius 1 is 0.933 bits per heavy atom. The van der Waals surface area contributed by atoms with Gasteiger partial charge in [0.05, 0.1) is 10.1 Å². The molecule has 0 bridgehead atoms. The van der Waals surface area contributed by atoms with Crippen LogP contribution in [0, 0.1) is 0 Å². The first-order chi connectivity index (χ1) is 14.5. The molecule has 3 rings (SSSR count). The van der Waals surface area contributed by atoms with Gasteiger partial charge in [0, 0.05) is 12.7 Å². The van der Waals surface area contributed by atoms with Gasteiger partial charge >= 0.3 is 0 Å². The third kappa shape index (κ3) is 6.43. The Bertz CT molecular complexity index is 905. The molecule has 0 radical (unpaired) electrons. The van der Waals surface area contributed by atoms with E-state index in [2.05, 4.69) is 4.90 Å². The molecule has 1 unspecified atom stereocenters. The topological polar surface area (TPSA) is 54.5 Å². The molecule has 0 aromatic heterocycles. The lowest BCUT2D eigenvalue weighted by Crippen LogP contribution is -2.34. The predicted octanol–water partition coefficient (Wildman–Crippen LogP) is 5.04. The minimum Gasteiger partial charge on any atom is -0.303 e. The highest BCUT2D eigenvalue weighted by Crippen LogP contribution is 2.26. The molecule has 2 aromatic rings. The molecule has 0 N–H and O–H groups in total. The van der Waals surface area contributed by atoms with Crippen molar-refractivity contribution in [2.75, 3.05) is 25.4 Å². The van der Waals surface area contributed by atoms with Crippen LogP contribution in [0.1, 0.15) is 39.0 Å². The zero-order valence-electron chi connectivity index (χ0n) is 17.6. The molecular weight excluding hydrogens is 414 g/mol. The highest BCUT2D eigenvalue weighted by atomic mass is 32.2. The Morgan fingerprint density at radius 2 is 1.57 bits per heavy atom. The van der Waals surface area contributed by atoms with Crippen LogP contribution in [0.4, 0.5) is 0 Å². The van der Waals surface area contributed by atoms with Gasteiger partial charge < -0.3 is 4.90 Å². The number of rotatable bonds is 9. The van der Waals surface area contributed by atoms with Gasteiger partial charge in [0.15, 0.2) is 15.0 Å². The van der Waals surface area contributed by atoms with Crippen LogP contribution >= 0.6 is 11.8 Å². The average Bonchev–Trinajstić information content (AvgIpc) is 2.77. The molecule has 0 aliphatic carbocycles. The van der Waals surface area contributed by atoms with Crippen molar-refractivity contribution in [3.8, 4) is 11.1 Å². The molecule has 1 saturated heterocycles. The van der Waals surface area contributed by atoms with Crippen molar-refractivity contribution < 1.29 is 13.2 Å². The van der Waals surface area contributed by atoms with Gasteiger partial charge in [-0.3, -0.25) is 4.79 Å². The molecule has 0 amide bonds. The van der Waals surface area contributed by atoms with Crippen LogP contribution in [0.2, 0.25) is 0 Å². The SMILES string of the molecule is CC(=O)SCCC(CCN1CCCCC1)S(=O)(=O)c1ccc(-c2ccccc2)cc1. The van der Waals surface area contributed by atoms with Gasteiger partial charge in [0.2, 0.25) is 0 Å². The minimum absolute atomic E-state index is 0.0365. The largest absolute Gasteiger partial charge is 0.303 e. The second kappa shape index (κ2) is 11.1. The minimum atomic E-state index is -3.45. The fourth-order valence-corrected chi connectivity index (χ4v) is 6.54. The molecule has 1 fully saturated rings. The van der Waals surface area contributed by atoms with Crippen molar-refractivity contribution in [2.45, 2.75) is 49.2 Å². The number of nitrogens with zero attached hydrogens (tertiary/aromatic N) is 1. The summed E-state index contributed by atoms with van der Waals surface area (Å²) >= 11 is 1.22. The maximum atomic E-state index is 13.4. The lowest BCUT2D eigenvalue weighted by atomic mass is 10.1. The van der Waals surface area contributed by atoms with E-state index in [1.54, 1.807) is 12.1 Å². The zero-order valence-corrected chi connectivity index (χ0v) is 19.3. The van der Waals surface area contributed by atoms with E-state index in [-0.39, 0.29) is 5.12 Å². The summed E-state index contributed by atoms with van der Waals surface area (Å²) < 4.78 is 26.8. The Labute approximate surface area is 185 Å². The molecule has 1 aliphatic rings. The summed E-state index contributed by atoms with van der Waals surface area (Å²) in [6.45, 7) is 4.45. The van der Waals surface area contributed by atoms with Crippen LogP contribution in [-0.2, 0) is 14.6 Å². The molecule has 6 heteroatoms. The molecule has 30 heavy (non-hydrogen) atoms. The van der Waals surface area contributed by atoms with E-state index < -0.39 is 15.1 Å². The lowest BCUT2D eigenvalue weighted by Gasteiger charge is -2.28. The Balaban J connectivity index is 1.74. The van der Waals surface area contributed by atoms with Gasteiger partial charge in [-0.1, -0.05) is 60.6 Å². The standard InChI is InChI=1S/C24H31NO3S2/c1-20(26)29-19-15-24(14-18-25-16-6-3-7-17-25)30(27,28)23-12-10-22(11-13-23)21-8-4-2-5-9-21/h2,4-5,8-13,24H,3,6-7,14-19H2,1H3. The molecule has 1 aliphatic heterocycles. The second-order valence-corrected chi connectivity index (χ2v) is 11.4. The van der Waals surface area contributed by atoms with E-state index in [9.17, 15) is 13.2 Å². The quantitative estimate of drug-likeness (QED) is 0.541. The van der Waals surface area contributed by atoms with Crippen molar-refractivity contribution in [1.29, 1.82) is 0 Å². The molecule has 0 spiro atoms. The number of sulfone groups is 1. The Kier molecular flexibility index (Phi) is 8.54. The van der Waals surface area contributed by atoms with Crippen LogP contribution < -0.4 is 0 Å². The van der Waals surface area contributed by atoms with Crippen LogP contribution in [0.25, 0.3) is 11.1 Å². The first kappa shape index (κ1) is 23.0. The second-order valence-electron chi connectivity index (χ2n) is 7.88. The average molecular weight is 446 g/mol. The van der Waals surface area contributed by atoms with Gasteiger partial charge in [-0.25, -0.2) is 8.42 Å². The summed E-state index contributed by atoms with van der Waals surface area (Å²) in [7, 11) is -3.45. The van der Waals surface area contributed by atoms with Crippen LogP contribution in [-0.4, -0.2) is 49.1 Å². The predicted molar refractivity (Wildman–Crippen MR) is 126 cm³/mol. The Hall–Kier alpha value is -1.63. The summed E-state index contributed by atoms with van der Waals surface area (Å²) in [4.78, 5) is 14.1. The summed E-state index contributed by atoms with van der Waals surface area (Å²) in [5.74, 6) is 0.543. The molecule has 0 saturated carbocycles. The smallest absolute Gasteiger partial charge is 0.185 e. The molecule has 2 aromatic carbocycles. The number of hydrogen-bond donors (Lipinski definition) is 0.